The number of nitrogens with zero attached hydrogens (tertiary/aromatic N) is 4. The Kier molecular flexibility index (Phi) is 3.40. The quantitative estimate of drug-likeness (QED) is 0.842. The van der Waals surface area contributed by atoms with E-state index in [1.807, 2.05) is 13.8 Å². The molecule has 1 saturated carbocycles. The van der Waals surface area contributed by atoms with Crippen molar-refractivity contribution in [2.75, 3.05) is 0 Å². The molecule has 1 unspecified atom stereocenters. The highest BCUT2D eigenvalue weighted by atomic mass is 16.4. The Labute approximate surface area is 100 Å². The van der Waals surface area contributed by atoms with Gasteiger partial charge < -0.3 is 5.11 Å². The topological polar surface area (TPSA) is 80.9 Å². The number of carbonyl (C=O) groups is 1. The first-order valence-corrected chi connectivity index (χ1v) is 6.09. The van der Waals surface area contributed by atoms with E-state index in [0.717, 1.165) is 18.7 Å². The van der Waals surface area contributed by atoms with Gasteiger partial charge in [0.15, 0.2) is 5.82 Å². The minimum atomic E-state index is -0.807. The molecule has 0 amide bonds. The molecular formula is C11H18N4O2. The predicted octanol–water partition coefficient (Wildman–Crippen LogP) is 1.61. The summed E-state index contributed by atoms with van der Waals surface area (Å²) in [5.41, 5.74) is 0. The fraction of sp³-hybridized carbons (Fsp3) is 0.818. The van der Waals surface area contributed by atoms with Gasteiger partial charge in [-0.2, -0.15) is 0 Å². The zero-order chi connectivity index (χ0) is 12.4. The van der Waals surface area contributed by atoms with Crippen molar-refractivity contribution in [2.24, 2.45) is 5.92 Å². The fourth-order valence-electron chi connectivity index (χ4n) is 2.16. The molecule has 1 aromatic rings. The normalized spacial score (nSPS) is 18.1. The van der Waals surface area contributed by atoms with E-state index in [1.165, 1.54) is 6.42 Å². The molecule has 0 radical (unpaired) electrons. The van der Waals surface area contributed by atoms with Crippen molar-refractivity contribution < 1.29 is 9.90 Å². The van der Waals surface area contributed by atoms with Gasteiger partial charge >= 0.3 is 5.97 Å². The summed E-state index contributed by atoms with van der Waals surface area (Å²) in [7, 11) is 0. The molecule has 0 aliphatic heterocycles. The van der Waals surface area contributed by atoms with E-state index in [1.54, 1.807) is 4.68 Å². The highest BCUT2D eigenvalue weighted by molar-refractivity contribution is 5.67. The first kappa shape index (κ1) is 12.0. The summed E-state index contributed by atoms with van der Waals surface area (Å²) in [5.74, 6) is 0.670. The van der Waals surface area contributed by atoms with Gasteiger partial charge in [0.25, 0.3) is 0 Å². The molecule has 6 heteroatoms. The minimum absolute atomic E-state index is 0.0719. The van der Waals surface area contributed by atoms with Crippen molar-refractivity contribution in [1.29, 1.82) is 0 Å². The lowest BCUT2D eigenvalue weighted by Crippen LogP contribution is -2.25. The Morgan fingerprint density at radius 2 is 2.24 bits per heavy atom. The van der Waals surface area contributed by atoms with E-state index in [9.17, 15) is 4.79 Å². The van der Waals surface area contributed by atoms with Crippen LogP contribution in [0.4, 0.5) is 0 Å². The number of aliphatic carboxylic acids is 1. The van der Waals surface area contributed by atoms with Gasteiger partial charge in [-0.3, -0.25) is 4.79 Å². The molecule has 0 aromatic carbocycles. The van der Waals surface area contributed by atoms with Crippen LogP contribution in [0.25, 0.3) is 0 Å². The van der Waals surface area contributed by atoms with Crippen molar-refractivity contribution in [1.82, 2.24) is 20.2 Å². The largest absolute Gasteiger partial charge is 0.481 e. The SMILES string of the molecule is CC(C)C(CC(=O)O)n1nnnc1C1CCC1. The predicted molar refractivity (Wildman–Crippen MR) is 60.5 cm³/mol. The van der Waals surface area contributed by atoms with Crippen molar-refractivity contribution >= 4 is 5.97 Å². The van der Waals surface area contributed by atoms with E-state index in [4.69, 9.17) is 5.11 Å². The number of hydrogen-bond acceptors (Lipinski definition) is 4. The Morgan fingerprint density at radius 1 is 1.53 bits per heavy atom. The Bertz CT molecular complexity index is 398. The molecule has 1 N–H and O–H groups in total. The van der Waals surface area contributed by atoms with Crippen molar-refractivity contribution in [2.45, 2.75) is 51.5 Å². The third-order valence-electron chi connectivity index (χ3n) is 3.46. The van der Waals surface area contributed by atoms with Crippen LogP contribution in [0.5, 0.6) is 0 Å². The van der Waals surface area contributed by atoms with Crippen LogP contribution >= 0.6 is 0 Å². The summed E-state index contributed by atoms with van der Waals surface area (Å²) in [4.78, 5) is 10.9. The molecule has 6 nitrogen and oxygen atoms in total. The molecule has 1 fully saturated rings. The van der Waals surface area contributed by atoms with Crippen LogP contribution < -0.4 is 0 Å². The Hall–Kier alpha value is -1.46. The number of carboxylic acids is 1. The second kappa shape index (κ2) is 4.81. The third kappa shape index (κ3) is 2.45. The molecule has 1 aromatic heterocycles. The fourth-order valence-corrected chi connectivity index (χ4v) is 2.16. The molecule has 1 aliphatic carbocycles. The van der Waals surface area contributed by atoms with E-state index < -0.39 is 5.97 Å². The maximum absolute atomic E-state index is 10.9. The van der Waals surface area contributed by atoms with Gasteiger partial charge in [-0.25, -0.2) is 4.68 Å². The molecule has 0 saturated heterocycles. The van der Waals surface area contributed by atoms with Crippen molar-refractivity contribution in [3.63, 3.8) is 0 Å². The molecule has 1 atom stereocenters. The number of rotatable bonds is 5. The lowest BCUT2D eigenvalue weighted by molar-refractivity contribution is -0.138. The Morgan fingerprint density at radius 3 is 2.71 bits per heavy atom. The van der Waals surface area contributed by atoms with E-state index in [-0.39, 0.29) is 18.4 Å². The van der Waals surface area contributed by atoms with Gasteiger partial charge in [0.05, 0.1) is 12.5 Å². The van der Waals surface area contributed by atoms with Gasteiger partial charge in [-0.1, -0.05) is 20.3 Å². The minimum Gasteiger partial charge on any atom is -0.481 e. The number of tetrazole rings is 1. The maximum Gasteiger partial charge on any atom is 0.305 e. The van der Waals surface area contributed by atoms with Crippen LogP contribution in [0.15, 0.2) is 0 Å². The monoisotopic (exact) mass is 238 g/mol. The molecule has 1 aliphatic rings. The van der Waals surface area contributed by atoms with Crippen LogP contribution in [0.3, 0.4) is 0 Å². The standard InChI is InChI=1S/C11H18N4O2/c1-7(2)9(6-10(16)17)15-11(12-13-14-15)8-4-3-5-8/h7-9H,3-6H2,1-2H3,(H,16,17). The zero-order valence-corrected chi connectivity index (χ0v) is 10.2. The van der Waals surface area contributed by atoms with Crippen LogP contribution in [0.2, 0.25) is 0 Å². The molecule has 0 bridgehead atoms. The first-order chi connectivity index (χ1) is 8.09. The van der Waals surface area contributed by atoms with E-state index in [0.29, 0.717) is 5.92 Å². The summed E-state index contributed by atoms with van der Waals surface area (Å²) in [6.07, 6.45) is 3.50. The van der Waals surface area contributed by atoms with E-state index >= 15 is 0 Å². The molecular weight excluding hydrogens is 220 g/mol. The number of hydrogen-bond donors (Lipinski definition) is 1. The summed E-state index contributed by atoms with van der Waals surface area (Å²) in [5, 5.41) is 20.7. The van der Waals surface area contributed by atoms with Crippen molar-refractivity contribution in [3.8, 4) is 0 Å². The Balaban J connectivity index is 2.22. The number of aromatic nitrogens is 4. The highest BCUT2D eigenvalue weighted by Gasteiger charge is 2.30. The zero-order valence-electron chi connectivity index (χ0n) is 10.2. The molecule has 0 spiro atoms. The van der Waals surface area contributed by atoms with Crippen LogP contribution in [-0.2, 0) is 4.79 Å². The third-order valence-corrected chi connectivity index (χ3v) is 3.46. The first-order valence-electron chi connectivity index (χ1n) is 6.09. The second-order valence-corrected chi connectivity index (χ2v) is 5.02. The summed E-state index contributed by atoms with van der Waals surface area (Å²) in [6, 6.07) is -0.155. The average molecular weight is 238 g/mol. The summed E-state index contributed by atoms with van der Waals surface area (Å²) >= 11 is 0. The van der Waals surface area contributed by atoms with Gasteiger partial charge in [0, 0.05) is 5.92 Å². The smallest absolute Gasteiger partial charge is 0.305 e. The molecule has 17 heavy (non-hydrogen) atoms. The van der Waals surface area contributed by atoms with Crippen LogP contribution in [0.1, 0.15) is 57.3 Å². The maximum atomic E-state index is 10.9. The summed E-state index contributed by atoms with van der Waals surface area (Å²) < 4.78 is 1.72. The van der Waals surface area contributed by atoms with Crippen LogP contribution in [0, 0.1) is 5.92 Å². The average Bonchev–Trinajstić information content (AvgIpc) is 2.59. The van der Waals surface area contributed by atoms with Gasteiger partial charge in [0.1, 0.15) is 0 Å². The van der Waals surface area contributed by atoms with E-state index in [2.05, 4.69) is 15.5 Å². The number of carboxylic acid groups (broad SMARTS) is 1. The lowest BCUT2D eigenvalue weighted by Gasteiger charge is -2.27. The van der Waals surface area contributed by atoms with Gasteiger partial charge in [0.2, 0.25) is 0 Å². The summed E-state index contributed by atoms with van der Waals surface area (Å²) in [6.45, 7) is 4.00. The second-order valence-electron chi connectivity index (χ2n) is 5.02. The molecule has 2 rings (SSSR count). The molecule has 1 heterocycles. The highest BCUT2D eigenvalue weighted by Crippen LogP contribution is 2.36. The molecule has 94 valence electrons. The van der Waals surface area contributed by atoms with Gasteiger partial charge in [-0.15, -0.1) is 5.10 Å². The van der Waals surface area contributed by atoms with Gasteiger partial charge in [-0.05, 0) is 29.2 Å². The van der Waals surface area contributed by atoms with Crippen LogP contribution in [-0.4, -0.2) is 31.3 Å². The van der Waals surface area contributed by atoms with Crippen molar-refractivity contribution in [3.05, 3.63) is 5.82 Å². The lowest BCUT2D eigenvalue weighted by atomic mass is 9.84.